The molecule has 2 N–H and O–H groups in total. The van der Waals surface area contributed by atoms with Crippen LogP contribution in [0, 0.1) is 28.9 Å². The maximum absolute atomic E-state index is 15.2. The fourth-order valence-corrected chi connectivity index (χ4v) is 4.02. The second-order valence-corrected chi connectivity index (χ2v) is 8.40. The van der Waals surface area contributed by atoms with Crippen LogP contribution < -0.4 is 5.32 Å². The smallest absolute Gasteiger partial charge is 0.334 e. The number of aryl methyl sites for hydroxylation is 1. The number of carbonyl (C=O) groups excluding carboxylic acids is 1. The number of nitrogens with zero attached hydrogens (tertiary/aromatic N) is 4. The number of hydrogen-bond donors (Lipinski definition) is 2. The number of amides is 1. The van der Waals surface area contributed by atoms with Gasteiger partial charge in [-0.25, -0.2) is 13.8 Å². The lowest BCUT2D eigenvalue weighted by molar-refractivity contribution is -0.111. The average Bonchev–Trinajstić information content (AvgIpc) is 3.14. The molecule has 0 aliphatic carbocycles. The number of anilines is 1. The third kappa shape index (κ3) is 5.31. The number of rotatable bonds is 7. The Bertz CT molecular complexity index is 1310. The van der Waals surface area contributed by atoms with Crippen molar-refractivity contribution in [2.24, 2.45) is 5.18 Å². The van der Waals surface area contributed by atoms with Gasteiger partial charge < -0.3 is 19.4 Å². The Labute approximate surface area is 199 Å². The van der Waals surface area contributed by atoms with Gasteiger partial charge in [0.05, 0.1) is 29.7 Å². The highest BCUT2D eigenvalue weighted by Crippen LogP contribution is 2.33. The van der Waals surface area contributed by atoms with Gasteiger partial charge in [0.1, 0.15) is 23.0 Å². The Morgan fingerprint density at radius 2 is 2.09 bits per heavy atom. The first kappa shape index (κ1) is 24.3. The summed E-state index contributed by atoms with van der Waals surface area (Å²) in [7, 11) is 2.00. The van der Waals surface area contributed by atoms with Crippen molar-refractivity contribution in [1.82, 2.24) is 14.3 Å². The number of ether oxygens (including phenoxy) is 1. The highest BCUT2D eigenvalue weighted by molar-refractivity contribution is 6.42. The van der Waals surface area contributed by atoms with Crippen molar-refractivity contribution < 1.29 is 18.3 Å². The molecule has 2 aromatic heterocycles. The van der Waals surface area contributed by atoms with E-state index in [1.807, 2.05) is 36.7 Å². The van der Waals surface area contributed by atoms with Crippen LogP contribution in [0.2, 0.25) is 0 Å². The van der Waals surface area contributed by atoms with Crippen LogP contribution in [0.5, 0.6) is 0 Å². The SMILES string of the molecule is Cc1ccn2c(CC3CN(C)CCO3)c(-c3c(F)cc(N/C=C\C(=N)C(=O)N=O)cc3F)nc2c1. The summed E-state index contributed by atoms with van der Waals surface area (Å²) < 4.78 is 38.2. The van der Waals surface area contributed by atoms with Crippen molar-refractivity contribution in [3.05, 3.63) is 70.5 Å². The minimum Gasteiger partial charge on any atom is -0.375 e. The van der Waals surface area contributed by atoms with Gasteiger partial charge in [0.25, 0.3) is 0 Å². The monoisotopic (exact) mass is 482 g/mol. The molecule has 1 atom stereocenters. The van der Waals surface area contributed by atoms with Crippen LogP contribution in [0.4, 0.5) is 14.5 Å². The van der Waals surface area contributed by atoms with Crippen molar-refractivity contribution in [3.8, 4) is 11.3 Å². The number of likely N-dealkylation sites (N-methyl/N-ethyl adjacent to an activating group) is 1. The van der Waals surface area contributed by atoms with Crippen molar-refractivity contribution in [2.75, 3.05) is 32.1 Å². The van der Waals surface area contributed by atoms with Gasteiger partial charge in [-0.15, -0.1) is 4.91 Å². The van der Waals surface area contributed by atoms with E-state index < -0.39 is 23.3 Å². The number of nitroso groups, excluding NO2 is 1. The van der Waals surface area contributed by atoms with E-state index in [2.05, 4.69) is 20.4 Å². The molecule has 35 heavy (non-hydrogen) atoms. The number of hydrogen-bond acceptors (Lipinski definition) is 7. The second-order valence-electron chi connectivity index (χ2n) is 8.40. The van der Waals surface area contributed by atoms with E-state index >= 15 is 8.78 Å². The molecule has 0 spiro atoms. The fraction of sp³-hybridized carbons (Fsp3) is 0.292. The lowest BCUT2D eigenvalue weighted by atomic mass is 10.0. The van der Waals surface area contributed by atoms with E-state index in [1.165, 1.54) is 0 Å². The fourth-order valence-electron chi connectivity index (χ4n) is 4.02. The van der Waals surface area contributed by atoms with Gasteiger partial charge in [0.2, 0.25) is 0 Å². The van der Waals surface area contributed by atoms with Gasteiger partial charge in [-0.05, 0) is 49.9 Å². The summed E-state index contributed by atoms with van der Waals surface area (Å²) >= 11 is 0. The van der Waals surface area contributed by atoms with E-state index in [0.717, 1.165) is 36.5 Å². The molecule has 1 unspecified atom stereocenters. The summed E-state index contributed by atoms with van der Waals surface area (Å²) in [5.41, 5.74) is 1.53. The van der Waals surface area contributed by atoms with Crippen LogP contribution in [0.3, 0.4) is 0 Å². The molecule has 1 aliphatic rings. The molecular weight excluding hydrogens is 458 g/mol. The van der Waals surface area contributed by atoms with E-state index in [4.69, 9.17) is 10.1 Å². The molecule has 1 aliphatic heterocycles. The summed E-state index contributed by atoms with van der Waals surface area (Å²) in [5.74, 6) is -2.91. The minimum absolute atomic E-state index is 0.0534. The van der Waals surface area contributed by atoms with E-state index in [9.17, 15) is 9.70 Å². The molecule has 1 saturated heterocycles. The Balaban J connectivity index is 1.70. The summed E-state index contributed by atoms with van der Waals surface area (Å²) in [4.78, 5) is 27.9. The maximum atomic E-state index is 15.2. The number of carbonyl (C=O) groups is 1. The molecule has 0 saturated carbocycles. The van der Waals surface area contributed by atoms with Gasteiger partial charge in [-0.3, -0.25) is 10.2 Å². The molecule has 11 heteroatoms. The first-order valence-corrected chi connectivity index (χ1v) is 10.9. The van der Waals surface area contributed by atoms with Gasteiger partial charge >= 0.3 is 5.91 Å². The zero-order chi connectivity index (χ0) is 25.1. The summed E-state index contributed by atoms with van der Waals surface area (Å²) in [6.07, 6.45) is 4.20. The summed E-state index contributed by atoms with van der Waals surface area (Å²) in [5, 5.41) is 12.1. The summed E-state index contributed by atoms with van der Waals surface area (Å²) in [6.45, 7) is 4.01. The Kier molecular flexibility index (Phi) is 7.08. The first-order valence-electron chi connectivity index (χ1n) is 10.9. The highest BCUT2D eigenvalue weighted by atomic mass is 19.1. The van der Waals surface area contributed by atoms with Crippen molar-refractivity contribution in [1.29, 1.82) is 5.41 Å². The zero-order valence-corrected chi connectivity index (χ0v) is 19.2. The predicted molar refractivity (Wildman–Crippen MR) is 128 cm³/mol. The predicted octanol–water partition coefficient (Wildman–Crippen LogP) is 3.70. The third-order valence-electron chi connectivity index (χ3n) is 5.74. The van der Waals surface area contributed by atoms with Crippen LogP contribution in [-0.4, -0.2) is 58.8 Å². The molecule has 1 fully saturated rings. The van der Waals surface area contributed by atoms with E-state index in [-0.39, 0.29) is 23.0 Å². The molecule has 1 amide bonds. The van der Waals surface area contributed by atoms with Crippen molar-refractivity contribution in [3.63, 3.8) is 0 Å². The van der Waals surface area contributed by atoms with Gasteiger partial charge in [0, 0.05) is 42.8 Å². The topological polar surface area (TPSA) is 112 Å². The molecule has 3 heterocycles. The average molecular weight is 482 g/mol. The minimum atomic E-state index is -1.25. The molecule has 9 nitrogen and oxygen atoms in total. The standard InChI is InChI=1S/C24H24F2N6O3/c1-14-4-6-32-20(12-16-13-31(2)7-8-35-16)23(29-21(32)9-14)22-17(25)10-15(11-18(22)26)28-5-3-19(27)24(33)30-34/h3-6,9-11,16,27-28H,7-8,12-13H2,1-2H3/b5-3-,27-19?. The lowest BCUT2D eigenvalue weighted by Crippen LogP contribution is -2.41. The number of fused-ring (bicyclic) bond motifs is 1. The van der Waals surface area contributed by atoms with Crippen LogP contribution in [0.15, 0.2) is 47.9 Å². The van der Waals surface area contributed by atoms with Gasteiger partial charge in [-0.1, -0.05) is 0 Å². The lowest BCUT2D eigenvalue weighted by Gasteiger charge is -2.30. The molecule has 1 aromatic carbocycles. The molecule has 3 aromatic rings. The number of morpholine rings is 1. The number of imidazole rings is 1. The largest absolute Gasteiger partial charge is 0.375 e. The number of pyridine rings is 1. The molecule has 0 bridgehead atoms. The number of benzene rings is 1. The molecule has 0 radical (unpaired) electrons. The number of halogens is 2. The van der Waals surface area contributed by atoms with Crippen molar-refractivity contribution >= 4 is 23.0 Å². The highest BCUT2D eigenvalue weighted by Gasteiger charge is 2.26. The normalized spacial score (nSPS) is 16.6. The van der Waals surface area contributed by atoms with Gasteiger partial charge in [0.15, 0.2) is 0 Å². The maximum Gasteiger partial charge on any atom is 0.334 e. The first-order chi connectivity index (χ1) is 16.8. The molecule has 182 valence electrons. The van der Waals surface area contributed by atoms with E-state index in [0.29, 0.717) is 30.9 Å². The van der Waals surface area contributed by atoms with Crippen LogP contribution >= 0.6 is 0 Å². The number of aromatic nitrogens is 2. The Morgan fingerprint density at radius 3 is 2.77 bits per heavy atom. The molecular formula is C24H24F2N6O3. The van der Waals surface area contributed by atoms with Gasteiger partial charge in [-0.2, -0.15) is 0 Å². The Morgan fingerprint density at radius 1 is 1.34 bits per heavy atom. The summed E-state index contributed by atoms with van der Waals surface area (Å²) in [6, 6.07) is 5.94. The third-order valence-corrected chi connectivity index (χ3v) is 5.74. The van der Waals surface area contributed by atoms with E-state index in [1.54, 1.807) is 0 Å². The van der Waals surface area contributed by atoms with Crippen LogP contribution in [0.1, 0.15) is 11.3 Å². The quantitative estimate of drug-likeness (QED) is 0.392. The zero-order valence-electron chi connectivity index (χ0n) is 19.2. The number of nitrogens with one attached hydrogen (secondary N) is 2. The Hall–Kier alpha value is -3.83. The van der Waals surface area contributed by atoms with Crippen LogP contribution in [0.25, 0.3) is 16.9 Å². The second kappa shape index (κ2) is 10.2. The molecule has 4 rings (SSSR count). The van der Waals surface area contributed by atoms with Crippen LogP contribution in [-0.2, 0) is 16.0 Å². The van der Waals surface area contributed by atoms with Crippen molar-refractivity contribution in [2.45, 2.75) is 19.4 Å².